The van der Waals surface area contributed by atoms with Gasteiger partial charge < -0.3 is 10.4 Å². The molecule has 1 aromatic carbocycles. The van der Waals surface area contributed by atoms with E-state index in [0.29, 0.717) is 11.8 Å². The van der Waals surface area contributed by atoms with Crippen LogP contribution in [0.4, 0.5) is 0 Å². The van der Waals surface area contributed by atoms with Gasteiger partial charge in [-0.05, 0) is 49.3 Å². The maximum absolute atomic E-state index is 9.88. The Bertz CT molecular complexity index is 576. The molecule has 100 valence electrons. The monoisotopic (exact) mass is 273 g/mol. The minimum Gasteiger partial charge on any atom is -0.508 e. The summed E-state index contributed by atoms with van der Waals surface area (Å²) in [5, 5.41) is 15.7. The van der Waals surface area contributed by atoms with Crippen LogP contribution >= 0.6 is 11.3 Å². The highest BCUT2D eigenvalue weighted by Gasteiger charge is 2.20. The van der Waals surface area contributed by atoms with E-state index in [9.17, 15) is 5.11 Å². The Morgan fingerprint density at radius 1 is 1.37 bits per heavy atom. The predicted molar refractivity (Wildman–Crippen MR) is 79.7 cm³/mol. The van der Waals surface area contributed by atoms with Crippen LogP contribution in [0, 0.1) is 6.92 Å². The van der Waals surface area contributed by atoms with Crippen molar-refractivity contribution in [2.45, 2.75) is 38.8 Å². The zero-order valence-corrected chi connectivity index (χ0v) is 12.0. The second-order valence-electron chi connectivity index (χ2n) is 5.26. The van der Waals surface area contributed by atoms with Crippen molar-refractivity contribution in [2.75, 3.05) is 0 Å². The number of benzene rings is 1. The number of phenols is 1. The van der Waals surface area contributed by atoms with Gasteiger partial charge in [-0.1, -0.05) is 17.7 Å². The summed E-state index contributed by atoms with van der Waals surface area (Å²) in [6.45, 7) is 2.79. The van der Waals surface area contributed by atoms with Crippen LogP contribution in [0.5, 0.6) is 5.75 Å². The predicted octanol–water partition coefficient (Wildman–Crippen LogP) is 3.93. The number of aromatic hydroxyl groups is 1. The SMILES string of the molecule is Cc1ccc(O)c(CNC2CCCc3sccc32)c1. The molecule has 2 aromatic rings. The lowest BCUT2D eigenvalue weighted by molar-refractivity contribution is 0.439. The van der Waals surface area contributed by atoms with E-state index in [1.807, 2.05) is 17.4 Å². The van der Waals surface area contributed by atoms with Gasteiger partial charge in [0.05, 0.1) is 0 Å². The van der Waals surface area contributed by atoms with Crippen LogP contribution in [-0.4, -0.2) is 5.11 Å². The van der Waals surface area contributed by atoms with E-state index in [-0.39, 0.29) is 0 Å². The summed E-state index contributed by atoms with van der Waals surface area (Å²) < 4.78 is 0. The summed E-state index contributed by atoms with van der Waals surface area (Å²) in [5.74, 6) is 0.388. The lowest BCUT2D eigenvalue weighted by Gasteiger charge is -2.24. The minimum absolute atomic E-state index is 0.388. The van der Waals surface area contributed by atoms with Crippen LogP contribution in [0.2, 0.25) is 0 Å². The standard InChI is InChI=1S/C16H19NOS/c1-11-5-6-15(18)12(9-11)10-17-14-3-2-4-16-13(14)7-8-19-16/h5-9,14,17-18H,2-4,10H2,1H3. The van der Waals surface area contributed by atoms with Crippen molar-refractivity contribution in [3.05, 3.63) is 51.2 Å². The lowest BCUT2D eigenvalue weighted by Crippen LogP contribution is -2.23. The van der Waals surface area contributed by atoms with Gasteiger partial charge in [-0.2, -0.15) is 0 Å². The molecule has 0 spiro atoms. The zero-order chi connectivity index (χ0) is 13.2. The molecule has 1 aliphatic carbocycles. The van der Waals surface area contributed by atoms with Gasteiger partial charge in [0.25, 0.3) is 0 Å². The molecule has 0 amide bonds. The fourth-order valence-electron chi connectivity index (χ4n) is 2.79. The van der Waals surface area contributed by atoms with E-state index >= 15 is 0 Å². The summed E-state index contributed by atoms with van der Waals surface area (Å²) in [6.07, 6.45) is 3.67. The maximum atomic E-state index is 9.88. The van der Waals surface area contributed by atoms with E-state index in [1.165, 1.54) is 35.3 Å². The quantitative estimate of drug-likeness (QED) is 0.888. The van der Waals surface area contributed by atoms with Crippen molar-refractivity contribution in [2.24, 2.45) is 0 Å². The van der Waals surface area contributed by atoms with Crippen LogP contribution < -0.4 is 5.32 Å². The summed E-state index contributed by atoms with van der Waals surface area (Å²) in [7, 11) is 0. The summed E-state index contributed by atoms with van der Waals surface area (Å²) in [6, 6.07) is 8.46. The van der Waals surface area contributed by atoms with E-state index in [1.54, 1.807) is 6.07 Å². The van der Waals surface area contributed by atoms with Crippen molar-refractivity contribution in [3.63, 3.8) is 0 Å². The van der Waals surface area contributed by atoms with E-state index in [0.717, 1.165) is 12.1 Å². The molecule has 1 unspecified atom stereocenters. The first kappa shape index (κ1) is 12.7. The molecule has 0 bridgehead atoms. The van der Waals surface area contributed by atoms with Crippen molar-refractivity contribution >= 4 is 11.3 Å². The third-order valence-corrected chi connectivity index (χ3v) is 4.82. The molecule has 1 atom stereocenters. The average molecular weight is 273 g/mol. The molecule has 0 saturated carbocycles. The van der Waals surface area contributed by atoms with Crippen molar-refractivity contribution < 1.29 is 5.11 Å². The Labute approximate surface area is 118 Å². The second-order valence-corrected chi connectivity index (χ2v) is 6.26. The van der Waals surface area contributed by atoms with Crippen LogP contribution in [-0.2, 0) is 13.0 Å². The lowest BCUT2D eigenvalue weighted by atomic mass is 9.94. The van der Waals surface area contributed by atoms with Crippen molar-refractivity contribution in [3.8, 4) is 5.75 Å². The van der Waals surface area contributed by atoms with Gasteiger partial charge in [-0.3, -0.25) is 0 Å². The third kappa shape index (κ3) is 2.67. The van der Waals surface area contributed by atoms with Gasteiger partial charge in [0, 0.05) is 23.0 Å². The Morgan fingerprint density at radius 2 is 2.26 bits per heavy atom. The van der Waals surface area contributed by atoms with Crippen LogP contribution in [0.3, 0.4) is 0 Å². The summed E-state index contributed by atoms with van der Waals surface area (Å²) in [5.41, 5.74) is 3.64. The smallest absolute Gasteiger partial charge is 0.120 e. The molecule has 0 aliphatic heterocycles. The molecule has 0 radical (unpaired) electrons. The van der Waals surface area contributed by atoms with Crippen LogP contribution in [0.1, 0.15) is 40.5 Å². The molecule has 19 heavy (non-hydrogen) atoms. The first-order valence-corrected chi connectivity index (χ1v) is 7.70. The molecule has 2 nitrogen and oxygen atoms in total. The van der Waals surface area contributed by atoms with E-state index < -0.39 is 0 Å². The van der Waals surface area contributed by atoms with Gasteiger partial charge in [0.2, 0.25) is 0 Å². The number of hydrogen-bond acceptors (Lipinski definition) is 3. The van der Waals surface area contributed by atoms with Crippen LogP contribution in [0.15, 0.2) is 29.6 Å². The molecule has 1 aromatic heterocycles. The number of aryl methyl sites for hydroxylation is 2. The topological polar surface area (TPSA) is 32.3 Å². The molecule has 1 aliphatic rings. The highest BCUT2D eigenvalue weighted by Crippen LogP contribution is 2.33. The number of hydrogen-bond donors (Lipinski definition) is 2. The van der Waals surface area contributed by atoms with Crippen molar-refractivity contribution in [1.29, 1.82) is 0 Å². The number of fused-ring (bicyclic) bond motifs is 1. The zero-order valence-electron chi connectivity index (χ0n) is 11.1. The second kappa shape index (κ2) is 5.35. The summed E-state index contributed by atoms with van der Waals surface area (Å²) >= 11 is 1.87. The maximum Gasteiger partial charge on any atom is 0.120 e. The number of thiophene rings is 1. The van der Waals surface area contributed by atoms with Crippen LogP contribution in [0.25, 0.3) is 0 Å². The molecule has 3 heteroatoms. The highest BCUT2D eigenvalue weighted by molar-refractivity contribution is 7.10. The number of nitrogens with one attached hydrogen (secondary N) is 1. The summed E-state index contributed by atoms with van der Waals surface area (Å²) in [4.78, 5) is 1.53. The first-order valence-electron chi connectivity index (χ1n) is 6.82. The van der Waals surface area contributed by atoms with Gasteiger partial charge in [0.1, 0.15) is 5.75 Å². The van der Waals surface area contributed by atoms with Gasteiger partial charge in [-0.25, -0.2) is 0 Å². The minimum atomic E-state index is 0.388. The Balaban J connectivity index is 1.72. The fraction of sp³-hybridized carbons (Fsp3) is 0.375. The fourth-order valence-corrected chi connectivity index (χ4v) is 3.77. The normalized spacial score (nSPS) is 18.3. The Morgan fingerprint density at radius 3 is 3.16 bits per heavy atom. The largest absolute Gasteiger partial charge is 0.508 e. The molecule has 2 N–H and O–H groups in total. The van der Waals surface area contributed by atoms with Crippen molar-refractivity contribution in [1.82, 2.24) is 5.32 Å². The number of phenolic OH excluding ortho intramolecular Hbond substituents is 1. The van der Waals surface area contributed by atoms with Gasteiger partial charge >= 0.3 is 0 Å². The van der Waals surface area contributed by atoms with Gasteiger partial charge in [-0.15, -0.1) is 11.3 Å². The first-order chi connectivity index (χ1) is 9.24. The Kier molecular flexibility index (Phi) is 3.58. The van der Waals surface area contributed by atoms with E-state index in [2.05, 4.69) is 29.8 Å². The third-order valence-electron chi connectivity index (χ3n) is 3.83. The molecule has 1 heterocycles. The highest BCUT2D eigenvalue weighted by atomic mass is 32.1. The number of rotatable bonds is 3. The molecule has 0 fully saturated rings. The van der Waals surface area contributed by atoms with Gasteiger partial charge in [0.15, 0.2) is 0 Å². The average Bonchev–Trinajstić information content (AvgIpc) is 2.88. The molecular weight excluding hydrogens is 254 g/mol. The molecule has 3 rings (SSSR count). The molecule has 0 saturated heterocycles. The van der Waals surface area contributed by atoms with E-state index in [4.69, 9.17) is 0 Å². The Hall–Kier alpha value is -1.32. The molecular formula is C16H19NOS.